The van der Waals surface area contributed by atoms with Crippen molar-refractivity contribution in [1.82, 2.24) is 4.90 Å². The van der Waals surface area contributed by atoms with E-state index in [0.717, 1.165) is 4.90 Å². The first kappa shape index (κ1) is 11.4. The number of carboxylic acid groups (broad SMARTS) is 1. The van der Waals surface area contributed by atoms with Crippen LogP contribution in [0.1, 0.15) is 12.2 Å². The molecule has 1 aromatic rings. The molecular weight excluding hydrogens is 226 g/mol. The summed E-state index contributed by atoms with van der Waals surface area (Å²) < 4.78 is 5.05. The Morgan fingerprint density at radius 1 is 1.53 bits per heavy atom. The van der Waals surface area contributed by atoms with Gasteiger partial charge >= 0.3 is 5.97 Å². The smallest absolute Gasteiger partial charge is 0.326 e. The quantitative estimate of drug-likeness (QED) is 0.749. The second-order valence-corrected chi connectivity index (χ2v) is 3.87. The molecule has 2 heterocycles. The highest BCUT2D eigenvalue weighted by Crippen LogP contribution is 2.16. The predicted molar refractivity (Wildman–Crippen MR) is 55.2 cm³/mol. The number of hydrogen-bond donors (Lipinski definition) is 1. The summed E-state index contributed by atoms with van der Waals surface area (Å²) in [5, 5.41) is 9.09. The monoisotopic (exact) mass is 237 g/mol. The van der Waals surface area contributed by atoms with Gasteiger partial charge in [0.2, 0.25) is 5.91 Å². The first-order valence-electron chi connectivity index (χ1n) is 5.14. The van der Waals surface area contributed by atoms with Gasteiger partial charge in [-0.1, -0.05) is 0 Å². The van der Waals surface area contributed by atoms with Crippen molar-refractivity contribution < 1.29 is 23.9 Å². The van der Waals surface area contributed by atoms with E-state index < -0.39 is 17.9 Å². The largest absolute Gasteiger partial charge is 0.480 e. The van der Waals surface area contributed by atoms with Crippen LogP contribution in [0.5, 0.6) is 0 Å². The van der Waals surface area contributed by atoms with E-state index in [-0.39, 0.29) is 25.2 Å². The molecule has 1 saturated heterocycles. The van der Waals surface area contributed by atoms with Gasteiger partial charge in [0.1, 0.15) is 11.8 Å². The maximum absolute atomic E-state index is 11.5. The fourth-order valence-electron chi connectivity index (χ4n) is 1.84. The molecular formula is C11H11NO5. The minimum Gasteiger partial charge on any atom is -0.480 e. The maximum Gasteiger partial charge on any atom is 0.326 e. The topological polar surface area (TPSA) is 87.8 Å². The number of hydrogen-bond acceptors (Lipinski definition) is 4. The van der Waals surface area contributed by atoms with E-state index in [9.17, 15) is 14.4 Å². The molecule has 1 N–H and O–H groups in total. The molecule has 1 aromatic heterocycles. The zero-order valence-corrected chi connectivity index (χ0v) is 8.96. The highest BCUT2D eigenvalue weighted by molar-refractivity contribution is 6.06. The van der Waals surface area contributed by atoms with Gasteiger partial charge in [-0.05, 0) is 12.1 Å². The number of rotatable bonds is 4. The van der Waals surface area contributed by atoms with Gasteiger partial charge in [0.05, 0.1) is 19.2 Å². The first-order chi connectivity index (χ1) is 8.08. The van der Waals surface area contributed by atoms with Crippen molar-refractivity contribution in [1.29, 1.82) is 0 Å². The van der Waals surface area contributed by atoms with Crippen molar-refractivity contribution in [2.45, 2.75) is 18.9 Å². The Balaban J connectivity index is 2.15. The zero-order valence-electron chi connectivity index (χ0n) is 8.96. The van der Waals surface area contributed by atoms with Crippen LogP contribution in [0.3, 0.4) is 0 Å². The van der Waals surface area contributed by atoms with Crippen molar-refractivity contribution in [3.63, 3.8) is 0 Å². The number of amides is 1. The van der Waals surface area contributed by atoms with Crippen molar-refractivity contribution in [3.8, 4) is 0 Å². The second-order valence-electron chi connectivity index (χ2n) is 3.87. The van der Waals surface area contributed by atoms with Gasteiger partial charge in [-0.2, -0.15) is 0 Å². The molecule has 0 spiro atoms. The Kier molecular flexibility index (Phi) is 2.95. The molecule has 17 heavy (non-hydrogen) atoms. The number of carboxylic acids is 1. The van der Waals surface area contributed by atoms with Crippen LogP contribution >= 0.6 is 0 Å². The molecule has 0 bridgehead atoms. The fourth-order valence-corrected chi connectivity index (χ4v) is 1.84. The van der Waals surface area contributed by atoms with Crippen LogP contribution in [-0.4, -0.2) is 40.3 Å². The Labute approximate surface area is 96.8 Å². The Morgan fingerprint density at radius 3 is 2.76 bits per heavy atom. The fraction of sp³-hybridized carbons (Fsp3) is 0.364. The number of carbonyl (C=O) groups is 3. The van der Waals surface area contributed by atoms with E-state index in [1.54, 1.807) is 12.1 Å². The number of nitrogens with zero attached hydrogens (tertiary/aromatic N) is 1. The van der Waals surface area contributed by atoms with E-state index in [4.69, 9.17) is 9.52 Å². The van der Waals surface area contributed by atoms with E-state index >= 15 is 0 Å². The van der Waals surface area contributed by atoms with Crippen molar-refractivity contribution in [3.05, 3.63) is 24.2 Å². The highest BCUT2D eigenvalue weighted by atomic mass is 16.4. The molecule has 0 aromatic carbocycles. The zero-order chi connectivity index (χ0) is 12.4. The lowest BCUT2D eigenvalue weighted by atomic mass is 10.1. The molecule has 1 aliphatic heterocycles. The summed E-state index contributed by atoms with van der Waals surface area (Å²) >= 11 is 0. The lowest BCUT2D eigenvalue weighted by molar-refractivity contribution is -0.148. The van der Waals surface area contributed by atoms with Gasteiger partial charge in [-0.3, -0.25) is 9.59 Å². The molecule has 1 aliphatic rings. The number of likely N-dealkylation sites (tertiary alicyclic amines) is 1. The third-order valence-electron chi connectivity index (χ3n) is 2.65. The average molecular weight is 237 g/mol. The lowest BCUT2D eigenvalue weighted by Crippen LogP contribution is -2.43. The second kappa shape index (κ2) is 4.40. The summed E-state index contributed by atoms with van der Waals surface area (Å²) in [6.07, 6.45) is 1.30. The van der Waals surface area contributed by atoms with Crippen LogP contribution in [0, 0.1) is 0 Å². The molecule has 90 valence electrons. The van der Waals surface area contributed by atoms with Crippen LogP contribution in [0.15, 0.2) is 22.8 Å². The average Bonchev–Trinajstić information content (AvgIpc) is 2.84. The number of Topliss-reactive ketones (excluding diaryl/α,β-unsaturated/α-hetero) is 1. The third-order valence-corrected chi connectivity index (χ3v) is 2.65. The van der Waals surface area contributed by atoms with Crippen LogP contribution in [-0.2, 0) is 20.8 Å². The van der Waals surface area contributed by atoms with Crippen molar-refractivity contribution in [2.24, 2.45) is 0 Å². The minimum absolute atomic E-state index is 0.0708. The van der Waals surface area contributed by atoms with Crippen LogP contribution in [0.4, 0.5) is 0 Å². The number of carbonyl (C=O) groups excluding carboxylic acids is 2. The first-order valence-corrected chi connectivity index (χ1v) is 5.14. The van der Waals surface area contributed by atoms with Gasteiger partial charge in [-0.25, -0.2) is 4.79 Å². The van der Waals surface area contributed by atoms with Crippen LogP contribution < -0.4 is 0 Å². The standard InChI is InChI=1S/C11H11NO5/c13-7-4-10(14)12(6-7)9(11(15)16)5-8-2-1-3-17-8/h1-3,9H,4-6H2,(H,15,16). The normalized spacial score (nSPS) is 17.5. The van der Waals surface area contributed by atoms with Gasteiger partial charge in [0.25, 0.3) is 0 Å². The molecule has 0 saturated carbocycles. The van der Waals surface area contributed by atoms with E-state index in [1.807, 2.05) is 0 Å². The van der Waals surface area contributed by atoms with Gasteiger partial charge in [0.15, 0.2) is 5.78 Å². The number of furan rings is 1. The summed E-state index contributed by atoms with van der Waals surface area (Å²) in [5.74, 6) is -1.34. The maximum atomic E-state index is 11.5. The minimum atomic E-state index is -1.13. The Hall–Kier alpha value is -2.11. The molecule has 6 nitrogen and oxygen atoms in total. The van der Waals surface area contributed by atoms with Crippen LogP contribution in [0.2, 0.25) is 0 Å². The van der Waals surface area contributed by atoms with E-state index in [1.165, 1.54) is 6.26 Å². The molecule has 0 aliphatic carbocycles. The van der Waals surface area contributed by atoms with Crippen molar-refractivity contribution in [2.75, 3.05) is 6.54 Å². The summed E-state index contributed by atoms with van der Waals surface area (Å²) in [5.41, 5.74) is 0. The van der Waals surface area contributed by atoms with E-state index in [0.29, 0.717) is 5.76 Å². The number of aliphatic carboxylic acids is 1. The van der Waals surface area contributed by atoms with Gasteiger partial charge in [-0.15, -0.1) is 0 Å². The van der Waals surface area contributed by atoms with E-state index in [2.05, 4.69) is 0 Å². The molecule has 1 fully saturated rings. The number of ketones is 1. The van der Waals surface area contributed by atoms with Gasteiger partial charge in [0, 0.05) is 6.42 Å². The SMILES string of the molecule is O=C1CC(=O)N(C(Cc2ccco2)C(=O)O)C1. The summed E-state index contributed by atoms with van der Waals surface area (Å²) in [6.45, 7) is -0.128. The van der Waals surface area contributed by atoms with Gasteiger partial charge < -0.3 is 14.4 Å². The summed E-state index contributed by atoms with van der Waals surface area (Å²) in [6, 6.07) is 2.24. The molecule has 1 unspecified atom stereocenters. The Bertz CT molecular complexity index is 450. The molecule has 2 rings (SSSR count). The Morgan fingerprint density at radius 2 is 2.29 bits per heavy atom. The molecule has 0 radical (unpaired) electrons. The third kappa shape index (κ3) is 2.35. The molecule has 6 heteroatoms. The lowest BCUT2D eigenvalue weighted by Gasteiger charge is -2.22. The molecule has 1 amide bonds. The summed E-state index contributed by atoms with van der Waals surface area (Å²) in [7, 11) is 0. The predicted octanol–water partition coefficient (Wildman–Crippen LogP) is 0.0767. The summed E-state index contributed by atoms with van der Waals surface area (Å²) in [4.78, 5) is 34.8. The highest BCUT2D eigenvalue weighted by Gasteiger charge is 2.37. The van der Waals surface area contributed by atoms with Crippen LogP contribution in [0.25, 0.3) is 0 Å². The molecule has 1 atom stereocenters. The van der Waals surface area contributed by atoms with Crippen molar-refractivity contribution >= 4 is 17.7 Å².